The molecule has 1 aliphatic heterocycles. The molecule has 3 aromatic carbocycles. The maximum atomic E-state index is 13.5. The highest BCUT2D eigenvalue weighted by Crippen LogP contribution is 2.35. The predicted molar refractivity (Wildman–Crippen MR) is 128 cm³/mol. The second-order valence-electron chi connectivity index (χ2n) is 7.90. The van der Waals surface area contributed by atoms with Crippen LogP contribution in [0, 0.1) is 13.8 Å². The Kier molecular flexibility index (Phi) is 6.08. The number of ether oxygens (including phenoxy) is 1. The quantitative estimate of drug-likeness (QED) is 0.508. The smallest absolute Gasteiger partial charge is 0.282 e. The lowest BCUT2D eigenvalue weighted by molar-refractivity contribution is -0.120. The monoisotopic (exact) mass is 426 g/mol. The number of anilines is 2. The number of hydrogen-bond acceptors (Lipinski definition) is 4. The molecule has 0 unspecified atom stereocenters. The second kappa shape index (κ2) is 9.10. The number of benzene rings is 3. The predicted octanol–water partition coefficient (Wildman–Crippen LogP) is 5.49. The van der Waals surface area contributed by atoms with Gasteiger partial charge in [-0.15, -0.1) is 0 Å². The minimum Gasteiger partial charge on any atom is -0.494 e. The summed E-state index contributed by atoms with van der Waals surface area (Å²) in [4.78, 5) is 28.3. The Balaban J connectivity index is 1.76. The number of amides is 2. The Morgan fingerprint density at radius 2 is 1.50 bits per heavy atom. The number of imide groups is 1. The van der Waals surface area contributed by atoms with Crippen LogP contribution in [0.4, 0.5) is 11.4 Å². The average molecular weight is 427 g/mol. The highest BCUT2D eigenvalue weighted by atomic mass is 16.5. The first-order valence-electron chi connectivity index (χ1n) is 10.7. The summed E-state index contributed by atoms with van der Waals surface area (Å²) in [6.45, 7) is 6.58. The molecule has 1 aliphatic rings. The summed E-state index contributed by atoms with van der Waals surface area (Å²) in [6, 6.07) is 22.4. The standard InChI is InChI=1S/C27H26N2O3/c1-4-16-32-23-7-5-6-22(17-23)29-26(30)24(20-12-8-18(2)9-13-20)25(27(29)31)28-21-14-10-19(3)11-15-21/h5-15,17,28H,4,16H2,1-3H3. The highest BCUT2D eigenvalue weighted by molar-refractivity contribution is 6.46. The fourth-order valence-corrected chi connectivity index (χ4v) is 3.58. The van der Waals surface area contributed by atoms with Crippen LogP contribution in [0.15, 0.2) is 78.5 Å². The Morgan fingerprint density at radius 1 is 0.844 bits per heavy atom. The molecule has 0 radical (unpaired) electrons. The summed E-state index contributed by atoms with van der Waals surface area (Å²) in [7, 11) is 0. The van der Waals surface area contributed by atoms with Gasteiger partial charge in [-0.3, -0.25) is 9.59 Å². The average Bonchev–Trinajstić information content (AvgIpc) is 3.04. The maximum Gasteiger partial charge on any atom is 0.282 e. The van der Waals surface area contributed by atoms with Gasteiger partial charge in [0, 0.05) is 11.8 Å². The normalized spacial score (nSPS) is 13.7. The van der Waals surface area contributed by atoms with E-state index < -0.39 is 5.91 Å². The van der Waals surface area contributed by atoms with Gasteiger partial charge >= 0.3 is 0 Å². The van der Waals surface area contributed by atoms with Crippen molar-refractivity contribution in [3.05, 3.63) is 95.2 Å². The van der Waals surface area contributed by atoms with Gasteiger partial charge in [0.25, 0.3) is 11.8 Å². The first-order valence-corrected chi connectivity index (χ1v) is 10.7. The third kappa shape index (κ3) is 4.28. The Labute approximate surface area is 188 Å². The van der Waals surface area contributed by atoms with Crippen LogP contribution >= 0.6 is 0 Å². The molecule has 1 heterocycles. The Morgan fingerprint density at radius 3 is 2.16 bits per heavy atom. The lowest BCUT2D eigenvalue weighted by Gasteiger charge is -2.16. The number of aryl methyl sites for hydroxylation is 2. The summed E-state index contributed by atoms with van der Waals surface area (Å²) in [6.07, 6.45) is 0.871. The van der Waals surface area contributed by atoms with Crippen molar-refractivity contribution >= 4 is 28.8 Å². The number of hydrogen-bond donors (Lipinski definition) is 1. The minimum atomic E-state index is -0.390. The summed E-state index contributed by atoms with van der Waals surface area (Å²) >= 11 is 0. The van der Waals surface area contributed by atoms with Crippen LogP contribution < -0.4 is 15.0 Å². The van der Waals surface area contributed by atoms with E-state index >= 15 is 0 Å². The van der Waals surface area contributed by atoms with Gasteiger partial charge in [-0.1, -0.05) is 60.5 Å². The number of carbonyl (C=O) groups excluding carboxylic acids is 2. The molecule has 0 aliphatic carbocycles. The zero-order valence-corrected chi connectivity index (χ0v) is 18.5. The summed E-state index contributed by atoms with van der Waals surface area (Å²) in [5.41, 5.74) is 4.75. The molecule has 5 heteroatoms. The Hall–Kier alpha value is -3.86. The third-order valence-corrected chi connectivity index (χ3v) is 5.29. The van der Waals surface area contributed by atoms with Crippen LogP contribution in [0.25, 0.3) is 5.57 Å². The van der Waals surface area contributed by atoms with Crippen LogP contribution in [0.5, 0.6) is 5.75 Å². The number of nitrogens with one attached hydrogen (secondary N) is 1. The van der Waals surface area contributed by atoms with Gasteiger partial charge in [0.15, 0.2) is 0 Å². The van der Waals surface area contributed by atoms with Gasteiger partial charge in [-0.2, -0.15) is 0 Å². The lowest BCUT2D eigenvalue weighted by atomic mass is 10.0. The van der Waals surface area contributed by atoms with Crippen molar-refractivity contribution in [2.24, 2.45) is 0 Å². The van der Waals surface area contributed by atoms with Crippen molar-refractivity contribution < 1.29 is 14.3 Å². The number of carbonyl (C=O) groups is 2. The van der Waals surface area contributed by atoms with Gasteiger partial charge in [-0.25, -0.2) is 4.90 Å². The molecular weight excluding hydrogens is 400 g/mol. The van der Waals surface area contributed by atoms with E-state index in [1.807, 2.05) is 75.4 Å². The summed E-state index contributed by atoms with van der Waals surface area (Å²) in [5, 5.41) is 3.20. The topological polar surface area (TPSA) is 58.6 Å². The Bertz CT molecular complexity index is 1180. The van der Waals surface area contributed by atoms with Gasteiger partial charge in [0.1, 0.15) is 11.4 Å². The first-order chi connectivity index (χ1) is 15.5. The van der Waals surface area contributed by atoms with E-state index in [-0.39, 0.29) is 11.6 Å². The van der Waals surface area contributed by atoms with Crippen LogP contribution in [-0.4, -0.2) is 18.4 Å². The zero-order chi connectivity index (χ0) is 22.7. The zero-order valence-electron chi connectivity index (χ0n) is 18.5. The van der Waals surface area contributed by atoms with Crippen molar-refractivity contribution in [1.29, 1.82) is 0 Å². The molecule has 0 saturated carbocycles. The molecular formula is C27H26N2O3. The van der Waals surface area contributed by atoms with Gasteiger partial charge in [-0.05, 0) is 50.1 Å². The largest absolute Gasteiger partial charge is 0.494 e. The van der Waals surface area contributed by atoms with Gasteiger partial charge in [0.05, 0.1) is 17.9 Å². The molecule has 0 spiro atoms. The van der Waals surface area contributed by atoms with Crippen molar-refractivity contribution in [3.63, 3.8) is 0 Å². The van der Waals surface area contributed by atoms with Crippen LogP contribution in [0.2, 0.25) is 0 Å². The fraction of sp³-hybridized carbons (Fsp3) is 0.185. The maximum absolute atomic E-state index is 13.5. The van der Waals surface area contributed by atoms with E-state index in [1.54, 1.807) is 18.2 Å². The van der Waals surface area contributed by atoms with E-state index in [9.17, 15) is 9.59 Å². The minimum absolute atomic E-state index is 0.266. The molecule has 5 nitrogen and oxygen atoms in total. The molecule has 32 heavy (non-hydrogen) atoms. The van der Waals surface area contributed by atoms with E-state index in [1.165, 1.54) is 4.90 Å². The van der Waals surface area contributed by atoms with E-state index in [0.717, 1.165) is 23.2 Å². The number of nitrogens with zero attached hydrogens (tertiary/aromatic N) is 1. The first kappa shape index (κ1) is 21.4. The summed E-state index contributed by atoms with van der Waals surface area (Å²) < 4.78 is 5.71. The molecule has 0 saturated heterocycles. The molecule has 3 aromatic rings. The highest BCUT2D eigenvalue weighted by Gasteiger charge is 2.40. The molecule has 162 valence electrons. The lowest BCUT2D eigenvalue weighted by Crippen LogP contribution is -2.32. The molecule has 4 rings (SSSR count). The van der Waals surface area contributed by atoms with Crippen LogP contribution in [0.1, 0.15) is 30.0 Å². The van der Waals surface area contributed by atoms with E-state index in [0.29, 0.717) is 29.2 Å². The van der Waals surface area contributed by atoms with Gasteiger partial charge in [0.2, 0.25) is 0 Å². The molecule has 0 fully saturated rings. The van der Waals surface area contributed by atoms with Crippen molar-refractivity contribution in [2.45, 2.75) is 27.2 Å². The fourth-order valence-electron chi connectivity index (χ4n) is 3.58. The van der Waals surface area contributed by atoms with Crippen LogP contribution in [0.3, 0.4) is 0 Å². The molecule has 0 aromatic heterocycles. The van der Waals surface area contributed by atoms with E-state index in [4.69, 9.17) is 4.74 Å². The summed E-state index contributed by atoms with van der Waals surface area (Å²) in [5.74, 6) is -0.123. The van der Waals surface area contributed by atoms with Crippen molar-refractivity contribution in [3.8, 4) is 5.75 Å². The SMILES string of the molecule is CCCOc1cccc(N2C(=O)C(Nc3ccc(C)cc3)=C(c3ccc(C)cc3)C2=O)c1. The third-order valence-electron chi connectivity index (χ3n) is 5.29. The van der Waals surface area contributed by atoms with E-state index in [2.05, 4.69) is 5.32 Å². The molecule has 2 amide bonds. The van der Waals surface area contributed by atoms with Gasteiger partial charge < -0.3 is 10.1 Å². The van der Waals surface area contributed by atoms with Crippen molar-refractivity contribution in [1.82, 2.24) is 0 Å². The number of rotatable bonds is 7. The molecule has 0 atom stereocenters. The second-order valence-corrected chi connectivity index (χ2v) is 7.90. The molecule has 0 bridgehead atoms. The molecule has 1 N–H and O–H groups in total. The van der Waals surface area contributed by atoms with Crippen LogP contribution in [-0.2, 0) is 9.59 Å². The van der Waals surface area contributed by atoms with Crippen molar-refractivity contribution in [2.75, 3.05) is 16.8 Å².